The standard InChI is InChI=1S/C27H25N3O3S/c1-4-6-22-17(3)28-26(30-25(22)29-20-11-7-19(8-12-20)27(31)32)24-16-15-23(34-24)18-9-13-21(14-10-18)33-5-2/h4,7-16H,1,5-6H2,2-3H3,(H,31,32)(H,28,29,30). The number of nitrogens with zero attached hydrogens (tertiary/aromatic N) is 2. The second kappa shape index (κ2) is 10.3. The Labute approximate surface area is 202 Å². The molecule has 2 aromatic heterocycles. The van der Waals surface area contributed by atoms with Crippen molar-refractivity contribution in [2.24, 2.45) is 0 Å². The van der Waals surface area contributed by atoms with Crippen LogP contribution in [0.4, 0.5) is 11.5 Å². The molecule has 0 atom stereocenters. The van der Waals surface area contributed by atoms with Gasteiger partial charge in [-0.1, -0.05) is 6.08 Å². The molecule has 0 saturated heterocycles. The van der Waals surface area contributed by atoms with E-state index in [0.717, 1.165) is 38.0 Å². The fourth-order valence-corrected chi connectivity index (χ4v) is 4.47. The molecule has 0 amide bonds. The molecule has 0 fully saturated rings. The summed E-state index contributed by atoms with van der Waals surface area (Å²) in [6.07, 6.45) is 2.43. The first-order valence-corrected chi connectivity index (χ1v) is 11.7. The number of carbonyl (C=O) groups is 1. The number of aryl methyl sites for hydroxylation is 1. The van der Waals surface area contributed by atoms with Gasteiger partial charge in [-0.05, 0) is 86.5 Å². The maximum atomic E-state index is 11.1. The van der Waals surface area contributed by atoms with Gasteiger partial charge in [-0.25, -0.2) is 14.8 Å². The molecule has 0 radical (unpaired) electrons. The first kappa shape index (κ1) is 23.2. The molecule has 172 valence electrons. The Balaban J connectivity index is 1.65. The number of ether oxygens (including phenoxy) is 1. The minimum Gasteiger partial charge on any atom is -0.494 e. The van der Waals surface area contributed by atoms with Crippen LogP contribution < -0.4 is 10.1 Å². The molecule has 0 spiro atoms. The summed E-state index contributed by atoms with van der Waals surface area (Å²) in [6.45, 7) is 8.43. The highest BCUT2D eigenvalue weighted by Crippen LogP contribution is 2.35. The lowest BCUT2D eigenvalue weighted by Gasteiger charge is -2.14. The number of carboxylic acids is 1. The highest BCUT2D eigenvalue weighted by molar-refractivity contribution is 7.18. The van der Waals surface area contributed by atoms with Gasteiger partial charge in [-0.3, -0.25) is 0 Å². The summed E-state index contributed by atoms with van der Waals surface area (Å²) in [6, 6.07) is 18.7. The number of rotatable bonds is 9. The van der Waals surface area contributed by atoms with Gasteiger partial charge in [0.15, 0.2) is 5.82 Å². The van der Waals surface area contributed by atoms with Crippen LogP contribution in [0.5, 0.6) is 5.75 Å². The lowest BCUT2D eigenvalue weighted by atomic mass is 10.1. The van der Waals surface area contributed by atoms with Crippen LogP contribution >= 0.6 is 11.3 Å². The first-order chi connectivity index (χ1) is 16.5. The lowest BCUT2D eigenvalue weighted by molar-refractivity contribution is 0.0697. The van der Waals surface area contributed by atoms with E-state index in [1.54, 1.807) is 35.6 Å². The number of allylic oxidation sites excluding steroid dienone is 1. The van der Waals surface area contributed by atoms with Crippen molar-refractivity contribution in [1.29, 1.82) is 0 Å². The van der Waals surface area contributed by atoms with Crippen LogP contribution in [-0.2, 0) is 6.42 Å². The lowest BCUT2D eigenvalue weighted by Crippen LogP contribution is -2.05. The highest BCUT2D eigenvalue weighted by Gasteiger charge is 2.15. The van der Waals surface area contributed by atoms with E-state index in [-0.39, 0.29) is 5.56 Å². The molecule has 2 heterocycles. The molecule has 6 nitrogen and oxygen atoms in total. The van der Waals surface area contributed by atoms with Crippen molar-refractivity contribution in [3.05, 3.63) is 90.1 Å². The fourth-order valence-electron chi connectivity index (χ4n) is 3.53. The Bertz CT molecular complexity index is 1310. The number of aromatic carboxylic acids is 1. The zero-order valence-corrected chi connectivity index (χ0v) is 19.9. The van der Waals surface area contributed by atoms with Gasteiger partial charge >= 0.3 is 5.97 Å². The van der Waals surface area contributed by atoms with E-state index in [1.807, 2.05) is 50.3 Å². The van der Waals surface area contributed by atoms with Crippen LogP contribution in [0.15, 0.2) is 73.3 Å². The zero-order valence-electron chi connectivity index (χ0n) is 19.0. The van der Waals surface area contributed by atoms with Crippen molar-refractivity contribution >= 4 is 28.8 Å². The quantitative estimate of drug-likeness (QED) is 0.263. The monoisotopic (exact) mass is 471 g/mol. The van der Waals surface area contributed by atoms with E-state index in [1.165, 1.54) is 0 Å². The molecule has 0 aliphatic rings. The van der Waals surface area contributed by atoms with Crippen LogP contribution in [0.1, 0.15) is 28.5 Å². The van der Waals surface area contributed by atoms with E-state index in [9.17, 15) is 4.79 Å². The third kappa shape index (κ3) is 5.15. The number of benzene rings is 2. The molecule has 0 saturated carbocycles. The SMILES string of the molecule is C=CCc1c(C)nc(-c2ccc(-c3ccc(OCC)cc3)s2)nc1Nc1ccc(C(=O)O)cc1. The normalized spacial score (nSPS) is 10.6. The van der Waals surface area contributed by atoms with Crippen molar-refractivity contribution in [1.82, 2.24) is 9.97 Å². The van der Waals surface area contributed by atoms with Gasteiger partial charge in [0.2, 0.25) is 0 Å². The van der Waals surface area contributed by atoms with Crippen molar-refractivity contribution in [3.8, 4) is 26.9 Å². The van der Waals surface area contributed by atoms with Crippen LogP contribution in [0.3, 0.4) is 0 Å². The maximum absolute atomic E-state index is 11.1. The van der Waals surface area contributed by atoms with Crippen LogP contribution in [-0.4, -0.2) is 27.7 Å². The molecule has 4 aromatic rings. The largest absolute Gasteiger partial charge is 0.494 e. The number of thiophene rings is 1. The highest BCUT2D eigenvalue weighted by atomic mass is 32.1. The summed E-state index contributed by atoms with van der Waals surface area (Å²) < 4.78 is 5.54. The Morgan fingerprint density at radius 1 is 1.06 bits per heavy atom. The van der Waals surface area contributed by atoms with Crippen LogP contribution in [0.25, 0.3) is 21.1 Å². The minimum atomic E-state index is -0.958. The van der Waals surface area contributed by atoms with Gasteiger partial charge in [0, 0.05) is 21.8 Å². The number of aromatic nitrogens is 2. The summed E-state index contributed by atoms with van der Waals surface area (Å²) in [4.78, 5) is 22.8. The number of anilines is 2. The fraction of sp³-hybridized carbons (Fsp3) is 0.148. The Kier molecular flexibility index (Phi) is 7.04. The van der Waals surface area contributed by atoms with Gasteiger partial charge in [0.1, 0.15) is 11.6 Å². The topological polar surface area (TPSA) is 84.3 Å². The number of hydrogen-bond donors (Lipinski definition) is 2. The average molecular weight is 472 g/mol. The third-order valence-electron chi connectivity index (χ3n) is 5.23. The minimum absolute atomic E-state index is 0.233. The Morgan fingerprint density at radius 2 is 1.76 bits per heavy atom. The molecule has 4 rings (SSSR count). The second-order valence-electron chi connectivity index (χ2n) is 7.58. The second-order valence-corrected chi connectivity index (χ2v) is 8.67. The van der Waals surface area contributed by atoms with Gasteiger partial charge in [0.25, 0.3) is 0 Å². The Morgan fingerprint density at radius 3 is 2.41 bits per heavy atom. The summed E-state index contributed by atoms with van der Waals surface area (Å²) in [7, 11) is 0. The predicted octanol–water partition coefficient (Wildman–Crippen LogP) is 6.75. The predicted molar refractivity (Wildman–Crippen MR) is 137 cm³/mol. The summed E-state index contributed by atoms with van der Waals surface area (Å²) in [5, 5.41) is 12.5. The third-order valence-corrected chi connectivity index (χ3v) is 6.36. The van der Waals surface area contributed by atoms with E-state index in [2.05, 4.69) is 18.0 Å². The zero-order chi connectivity index (χ0) is 24.1. The smallest absolute Gasteiger partial charge is 0.335 e. The molecule has 34 heavy (non-hydrogen) atoms. The van der Waals surface area contributed by atoms with E-state index in [4.69, 9.17) is 19.8 Å². The molecule has 0 aliphatic carbocycles. The van der Waals surface area contributed by atoms with Crippen LogP contribution in [0, 0.1) is 6.92 Å². The molecule has 0 bridgehead atoms. The van der Waals surface area contributed by atoms with Crippen molar-refractivity contribution < 1.29 is 14.6 Å². The van der Waals surface area contributed by atoms with Gasteiger partial charge in [0.05, 0.1) is 17.0 Å². The van der Waals surface area contributed by atoms with Crippen molar-refractivity contribution in [3.63, 3.8) is 0 Å². The van der Waals surface area contributed by atoms with Gasteiger partial charge < -0.3 is 15.2 Å². The molecule has 0 unspecified atom stereocenters. The van der Waals surface area contributed by atoms with Crippen LogP contribution in [0.2, 0.25) is 0 Å². The molecule has 7 heteroatoms. The molecule has 2 N–H and O–H groups in total. The molecule has 0 aliphatic heterocycles. The summed E-state index contributed by atoms with van der Waals surface area (Å²) in [5.74, 6) is 1.21. The molecule has 2 aromatic carbocycles. The molecular weight excluding hydrogens is 446 g/mol. The first-order valence-electron chi connectivity index (χ1n) is 10.9. The van der Waals surface area contributed by atoms with Crippen molar-refractivity contribution in [2.75, 3.05) is 11.9 Å². The number of nitrogens with one attached hydrogen (secondary N) is 1. The van der Waals surface area contributed by atoms with Gasteiger partial charge in [-0.2, -0.15) is 0 Å². The molecular formula is C27H25N3O3S. The summed E-state index contributed by atoms with van der Waals surface area (Å²) in [5.41, 5.74) is 3.91. The average Bonchev–Trinajstić information content (AvgIpc) is 3.32. The number of carboxylic acid groups (broad SMARTS) is 1. The van der Waals surface area contributed by atoms with Gasteiger partial charge in [-0.15, -0.1) is 17.9 Å². The van der Waals surface area contributed by atoms with E-state index in [0.29, 0.717) is 24.7 Å². The van der Waals surface area contributed by atoms with E-state index >= 15 is 0 Å². The van der Waals surface area contributed by atoms with Crippen molar-refractivity contribution in [2.45, 2.75) is 20.3 Å². The number of hydrogen-bond acceptors (Lipinski definition) is 6. The summed E-state index contributed by atoms with van der Waals surface area (Å²) >= 11 is 1.63. The maximum Gasteiger partial charge on any atom is 0.335 e. The van der Waals surface area contributed by atoms with E-state index < -0.39 is 5.97 Å². The Hall–Kier alpha value is -3.97.